The Bertz CT molecular complexity index is 844. The number of carbonyl (C=O) groups is 1. The highest BCUT2D eigenvalue weighted by Crippen LogP contribution is 2.29. The van der Waals surface area contributed by atoms with Crippen LogP contribution in [0.2, 0.25) is 0 Å². The second-order valence-corrected chi connectivity index (χ2v) is 5.42. The molecule has 0 saturated carbocycles. The zero-order chi connectivity index (χ0) is 18.8. The Morgan fingerprint density at radius 2 is 2.00 bits per heavy atom. The Kier molecular flexibility index (Phi) is 5.27. The summed E-state index contributed by atoms with van der Waals surface area (Å²) in [5.74, 6) is -0.680. The van der Waals surface area contributed by atoms with Crippen molar-refractivity contribution in [1.29, 1.82) is 0 Å². The molecule has 1 aromatic heterocycles. The molecular formula is C15H13ClF3N3O3. The number of halogens is 4. The Labute approximate surface area is 144 Å². The lowest BCUT2D eigenvalue weighted by molar-refractivity contribution is -0.199. The van der Waals surface area contributed by atoms with Gasteiger partial charge in [0, 0.05) is 11.6 Å². The van der Waals surface area contributed by atoms with Gasteiger partial charge in [-0.2, -0.15) is 8.78 Å². The van der Waals surface area contributed by atoms with Crippen LogP contribution >= 0.6 is 11.6 Å². The maximum absolute atomic E-state index is 13.1. The van der Waals surface area contributed by atoms with E-state index >= 15 is 0 Å². The zero-order valence-corrected chi connectivity index (χ0v) is 13.6. The average molecular weight is 376 g/mol. The minimum Gasteiger partial charge on any atom is -0.429 e. The molecule has 0 aliphatic heterocycles. The largest absolute Gasteiger partial charge is 0.444 e. The number of benzene rings is 1. The maximum Gasteiger partial charge on any atom is 0.444 e. The summed E-state index contributed by atoms with van der Waals surface area (Å²) in [5, 5.41) is 5.06. The predicted molar refractivity (Wildman–Crippen MR) is 86.2 cm³/mol. The molecule has 1 amide bonds. The molecule has 1 unspecified atom stereocenters. The smallest absolute Gasteiger partial charge is 0.429 e. The molecule has 0 saturated heterocycles. The van der Waals surface area contributed by atoms with Crippen LogP contribution in [0.1, 0.15) is 6.92 Å². The van der Waals surface area contributed by atoms with Crippen molar-refractivity contribution < 1.29 is 22.7 Å². The molecule has 0 aliphatic carbocycles. The highest BCUT2D eigenvalue weighted by molar-refractivity contribution is 6.20. The quantitative estimate of drug-likeness (QED) is 0.601. The van der Waals surface area contributed by atoms with Crippen molar-refractivity contribution in [3.63, 3.8) is 0 Å². The number of H-pyrrole nitrogens is 1. The molecule has 1 aromatic carbocycles. The summed E-state index contributed by atoms with van der Waals surface area (Å²) in [6.45, 7) is 4.97. The maximum atomic E-state index is 13.1. The van der Waals surface area contributed by atoms with E-state index in [1.54, 1.807) is 0 Å². The molecule has 6 nitrogen and oxygen atoms in total. The monoisotopic (exact) mass is 375 g/mol. The van der Waals surface area contributed by atoms with E-state index in [9.17, 15) is 22.8 Å². The molecule has 0 spiro atoms. The van der Waals surface area contributed by atoms with Crippen molar-refractivity contribution in [3.8, 4) is 11.4 Å². The minimum atomic E-state index is -4.19. The van der Waals surface area contributed by atoms with Crippen molar-refractivity contribution in [2.24, 2.45) is 0 Å². The van der Waals surface area contributed by atoms with E-state index in [-0.39, 0.29) is 22.8 Å². The van der Waals surface area contributed by atoms with E-state index in [1.165, 1.54) is 19.1 Å². The van der Waals surface area contributed by atoms with Crippen molar-refractivity contribution in [3.05, 3.63) is 52.8 Å². The van der Waals surface area contributed by atoms with Crippen LogP contribution in [0.25, 0.3) is 5.69 Å². The van der Waals surface area contributed by atoms with Crippen LogP contribution in [0.15, 0.2) is 47.3 Å². The van der Waals surface area contributed by atoms with E-state index in [1.807, 2.05) is 0 Å². The Balaban J connectivity index is 2.20. The van der Waals surface area contributed by atoms with Crippen molar-refractivity contribution in [2.45, 2.75) is 18.7 Å². The lowest BCUT2D eigenvalue weighted by Crippen LogP contribution is -2.32. The topological polar surface area (TPSA) is 76.1 Å². The van der Waals surface area contributed by atoms with Gasteiger partial charge >= 0.3 is 6.11 Å². The van der Waals surface area contributed by atoms with E-state index < -0.39 is 23.2 Å². The number of nitrogens with one attached hydrogen (secondary N) is 2. The molecule has 134 valence electrons. The minimum absolute atomic E-state index is 0.132. The molecule has 2 rings (SSSR count). The molecule has 0 aliphatic rings. The molecule has 1 atom stereocenters. The van der Waals surface area contributed by atoms with Crippen molar-refractivity contribution in [2.75, 3.05) is 5.32 Å². The zero-order valence-electron chi connectivity index (χ0n) is 12.9. The molecule has 10 heteroatoms. The van der Waals surface area contributed by atoms with Gasteiger partial charge in [-0.05, 0) is 31.2 Å². The lowest BCUT2D eigenvalue weighted by atomic mass is 10.3. The number of amides is 1. The first-order chi connectivity index (χ1) is 11.6. The van der Waals surface area contributed by atoms with Crippen molar-refractivity contribution >= 4 is 23.3 Å². The third-order valence-corrected chi connectivity index (χ3v) is 3.21. The van der Waals surface area contributed by atoms with Gasteiger partial charge in [-0.15, -0.1) is 0 Å². The van der Waals surface area contributed by atoms with Gasteiger partial charge in [0.25, 0.3) is 17.1 Å². The molecular weight excluding hydrogens is 363 g/mol. The molecule has 25 heavy (non-hydrogen) atoms. The number of carbonyl (C=O) groups excluding carboxylic acids is 1. The highest BCUT2D eigenvalue weighted by atomic mass is 35.5. The van der Waals surface area contributed by atoms with E-state index in [0.717, 1.165) is 22.9 Å². The van der Waals surface area contributed by atoms with Crippen LogP contribution in [0.4, 0.5) is 19.0 Å². The first kappa shape index (κ1) is 18.7. The summed E-state index contributed by atoms with van der Waals surface area (Å²) in [5.41, 5.74) is -2.97. The standard InChI is InChI=1S/C15H13ClF3N3O3/c1-8(2)13(24)20-11-7-12(23)22(21-11)9-3-5-10(6-4-9)25-15(18,19)14(16)17/h3-7,14,21H,1H2,2H3,(H,20,24). The molecule has 0 bridgehead atoms. The van der Waals surface area contributed by atoms with Crippen LogP contribution in [-0.4, -0.2) is 27.4 Å². The van der Waals surface area contributed by atoms with Gasteiger partial charge in [0.15, 0.2) is 0 Å². The van der Waals surface area contributed by atoms with Crippen LogP contribution in [0, 0.1) is 0 Å². The Morgan fingerprint density at radius 3 is 2.52 bits per heavy atom. The number of rotatable bonds is 6. The number of aromatic amines is 1. The van der Waals surface area contributed by atoms with Gasteiger partial charge in [-0.3, -0.25) is 14.7 Å². The average Bonchev–Trinajstić information content (AvgIpc) is 2.88. The first-order valence-electron chi connectivity index (χ1n) is 6.84. The van der Waals surface area contributed by atoms with Gasteiger partial charge in [0.1, 0.15) is 11.6 Å². The second-order valence-electron chi connectivity index (χ2n) is 5.04. The van der Waals surface area contributed by atoms with Crippen LogP contribution < -0.4 is 15.6 Å². The highest BCUT2D eigenvalue weighted by Gasteiger charge is 2.42. The summed E-state index contributed by atoms with van der Waals surface area (Å²) in [6.07, 6.45) is -4.19. The number of nitrogens with zero attached hydrogens (tertiary/aromatic N) is 1. The Morgan fingerprint density at radius 1 is 1.40 bits per heavy atom. The number of hydrogen-bond donors (Lipinski definition) is 2. The summed E-state index contributed by atoms with van der Waals surface area (Å²) in [4.78, 5) is 23.5. The molecule has 0 radical (unpaired) electrons. The number of hydrogen-bond acceptors (Lipinski definition) is 3. The summed E-state index contributed by atoms with van der Waals surface area (Å²) in [7, 11) is 0. The van der Waals surface area contributed by atoms with Gasteiger partial charge in [0.05, 0.1) is 5.69 Å². The number of alkyl halides is 4. The lowest BCUT2D eigenvalue weighted by Gasteiger charge is -2.17. The summed E-state index contributed by atoms with van der Waals surface area (Å²) >= 11 is 4.70. The molecule has 2 N–H and O–H groups in total. The van der Waals surface area contributed by atoms with Gasteiger partial charge in [0.2, 0.25) is 0 Å². The normalized spacial score (nSPS) is 12.5. The third kappa shape index (κ3) is 4.44. The predicted octanol–water partition coefficient (Wildman–Crippen LogP) is 3.19. The van der Waals surface area contributed by atoms with Gasteiger partial charge in [-0.25, -0.2) is 9.07 Å². The fourth-order valence-corrected chi connectivity index (χ4v) is 1.79. The van der Waals surface area contributed by atoms with E-state index in [4.69, 9.17) is 11.6 Å². The SMILES string of the molecule is C=C(C)C(=O)Nc1cc(=O)n(-c2ccc(OC(F)(F)C(F)Cl)cc2)[nH]1. The second kappa shape index (κ2) is 7.06. The Hall–Kier alpha value is -2.68. The number of aromatic nitrogens is 2. The fraction of sp³-hybridized carbons (Fsp3) is 0.200. The van der Waals surface area contributed by atoms with Crippen LogP contribution in [0.3, 0.4) is 0 Å². The first-order valence-corrected chi connectivity index (χ1v) is 7.28. The molecule has 2 aromatic rings. The fourth-order valence-electron chi connectivity index (χ4n) is 1.75. The number of anilines is 1. The van der Waals surface area contributed by atoms with Gasteiger partial charge < -0.3 is 10.1 Å². The van der Waals surface area contributed by atoms with Crippen LogP contribution in [0.5, 0.6) is 5.75 Å². The third-order valence-electron chi connectivity index (χ3n) is 2.96. The van der Waals surface area contributed by atoms with E-state index in [2.05, 4.69) is 21.7 Å². The summed E-state index contributed by atoms with van der Waals surface area (Å²) in [6, 6.07) is 5.94. The van der Waals surface area contributed by atoms with Crippen molar-refractivity contribution in [1.82, 2.24) is 9.78 Å². The summed E-state index contributed by atoms with van der Waals surface area (Å²) < 4.78 is 43.9. The molecule has 1 heterocycles. The van der Waals surface area contributed by atoms with Gasteiger partial charge in [-0.1, -0.05) is 18.2 Å². The molecule has 0 fully saturated rings. The number of ether oxygens (including phenoxy) is 1. The van der Waals surface area contributed by atoms with E-state index in [0.29, 0.717) is 0 Å². The van der Waals surface area contributed by atoms with Crippen LogP contribution in [-0.2, 0) is 4.79 Å².